The Hall–Kier alpha value is 0.160. The van der Waals surface area contributed by atoms with Crippen LogP contribution in [0.2, 0.25) is 0 Å². The largest absolute Gasteiger partial charge is 0.224 e. The Morgan fingerprint density at radius 3 is 2.36 bits per heavy atom. The molecule has 0 saturated carbocycles. The summed E-state index contributed by atoms with van der Waals surface area (Å²) in [5, 5.41) is 1.72. The lowest BCUT2D eigenvalue weighted by Crippen LogP contribution is -2.46. The maximum Gasteiger partial charge on any atom is 0.166 e. The van der Waals surface area contributed by atoms with Crippen LogP contribution in [0.15, 0.2) is 0 Å². The molecule has 0 aromatic heterocycles. The molecule has 3 nitrogen and oxygen atoms in total. The van der Waals surface area contributed by atoms with E-state index in [1.54, 1.807) is 16.9 Å². The van der Waals surface area contributed by atoms with E-state index in [9.17, 15) is 0 Å². The monoisotopic (exact) mass is 193 g/mol. The number of nitrogens with zero attached hydrogens (tertiary/aromatic N) is 1. The Bertz CT molecular complexity index is 114. The summed E-state index contributed by atoms with van der Waals surface area (Å²) in [5.74, 6) is 1.07. The van der Waals surface area contributed by atoms with E-state index in [2.05, 4.69) is 17.8 Å². The Kier molecular flexibility index (Phi) is 6.94. The fraction of sp³-hybridized carbons (Fsp3) is 0.833. The first-order valence-corrected chi connectivity index (χ1v) is 4.97. The quantitative estimate of drug-likeness (QED) is 0.513. The van der Waals surface area contributed by atoms with Crippen LogP contribution < -0.4 is 10.9 Å². The number of rotatable bonds is 4. The van der Waals surface area contributed by atoms with E-state index in [1.165, 1.54) is 0 Å². The minimum absolute atomic E-state index is 0.830. The molecule has 0 fully saturated rings. The minimum atomic E-state index is 0.830. The van der Waals surface area contributed by atoms with Gasteiger partial charge in [0.05, 0.1) is 0 Å². The third-order valence-electron chi connectivity index (χ3n) is 1.06. The van der Waals surface area contributed by atoms with Crippen molar-refractivity contribution >= 4 is 28.3 Å². The Morgan fingerprint density at radius 2 is 2.00 bits per heavy atom. The molecule has 0 unspecified atom stereocenters. The van der Waals surface area contributed by atoms with Crippen molar-refractivity contribution in [1.82, 2.24) is 16.0 Å². The van der Waals surface area contributed by atoms with Crippen LogP contribution in [0.25, 0.3) is 0 Å². The van der Waals surface area contributed by atoms with Crippen molar-refractivity contribution in [2.45, 2.75) is 13.3 Å². The van der Waals surface area contributed by atoms with Crippen molar-refractivity contribution < 1.29 is 0 Å². The third-order valence-corrected chi connectivity index (χ3v) is 2.64. The van der Waals surface area contributed by atoms with E-state index in [1.807, 2.05) is 14.1 Å². The van der Waals surface area contributed by atoms with Gasteiger partial charge in [-0.25, -0.2) is 16.0 Å². The summed E-state index contributed by atoms with van der Waals surface area (Å²) in [4.78, 5) is 0. The van der Waals surface area contributed by atoms with Crippen molar-refractivity contribution in [3.8, 4) is 0 Å². The van der Waals surface area contributed by atoms with Gasteiger partial charge in [0.2, 0.25) is 0 Å². The highest BCUT2D eigenvalue weighted by atomic mass is 32.2. The predicted octanol–water partition coefficient (Wildman–Crippen LogP) is 0.985. The molecule has 5 heteroatoms. The van der Waals surface area contributed by atoms with Crippen molar-refractivity contribution in [2.75, 3.05) is 19.8 Å². The van der Waals surface area contributed by atoms with Crippen molar-refractivity contribution in [3.63, 3.8) is 0 Å². The molecule has 11 heavy (non-hydrogen) atoms. The van der Waals surface area contributed by atoms with Gasteiger partial charge < -0.3 is 0 Å². The van der Waals surface area contributed by atoms with Gasteiger partial charge in [-0.15, -0.1) is 0 Å². The molecule has 0 bridgehead atoms. The van der Waals surface area contributed by atoms with E-state index in [-0.39, 0.29) is 0 Å². The average molecular weight is 193 g/mol. The molecular weight excluding hydrogens is 178 g/mol. The van der Waals surface area contributed by atoms with E-state index < -0.39 is 0 Å². The molecule has 0 spiro atoms. The van der Waals surface area contributed by atoms with E-state index >= 15 is 0 Å². The van der Waals surface area contributed by atoms with Gasteiger partial charge in [0.25, 0.3) is 0 Å². The highest BCUT2D eigenvalue weighted by molar-refractivity contribution is 8.22. The van der Waals surface area contributed by atoms with Gasteiger partial charge in [-0.2, -0.15) is 0 Å². The van der Waals surface area contributed by atoms with E-state index in [0.717, 1.165) is 16.5 Å². The van der Waals surface area contributed by atoms with Crippen LogP contribution in [0, 0.1) is 0 Å². The molecule has 0 amide bonds. The van der Waals surface area contributed by atoms with E-state index in [0.29, 0.717) is 0 Å². The van der Waals surface area contributed by atoms with Crippen LogP contribution in [0.1, 0.15) is 13.3 Å². The van der Waals surface area contributed by atoms with Gasteiger partial charge in [-0.3, -0.25) is 0 Å². The second kappa shape index (κ2) is 6.84. The van der Waals surface area contributed by atoms with E-state index in [4.69, 9.17) is 12.2 Å². The van der Waals surface area contributed by atoms with Crippen LogP contribution in [-0.4, -0.2) is 29.3 Å². The summed E-state index contributed by atoms with van der Waals surface area (Å²) in [6.07, 6.45) is 1.14. The second-order valence-corrected chi connectivity index (χ2v) is 3.63. The molecule has 0 atom stereocenters. The molecule has 0 radical (unpaired) electrons. The highest BCUT2D eigenvalue weighted by Crippen LogP contribution is 2.06. The summed E-state index contributed by atoms with van der Waals surface area (Å²) in [6.45, 7) is 2.14. The summed E-state index contributed by atoms with van der Waals surface area (Å²) in [5.41, 5.74) is 5.84. The predicted molar refractivity (Wildman–Crippen MR) is 55.3 cm³/mol. The zero-order chi connectivity index (χ0) is 8.69. The van der Waals surface area contributed by atoms with Crippen molar-refractivity contribution in [3.05, 3.63) is 0 Å². The summed E-state index contributed by atoms with van der Waals surface area (Å²) >= 11 is 6.77. The maximum atomic E-state index is 5.10. The number of hydrogen-bond donors (Lipinski definition) is 2. The number of thiocarbonyl (C=S) groups is 1. The van der Waals surface area contributed by atoms with Gasteiger partial charge in [0, 0.05) is 19.8 Å². The Balaban J connectivity index is 3.61. The molecule has 0 aliphatic heterocycles. The standard InChI is InChI=1S/C6H15N3S2/c1-4-5-11-6(10)9(7-2)8-3/h7-8H,4-5H2,1-3H3. The van der Waals surface area contributed by atoms with Gasteiger partial charge in [-0.1, -0.05) is 18.7 Å². The molecule has 66 valence electrons. The Labute approximate surface area is 77.8 Å². The second-order valence-electron chi connectivity index (χ2n) is 1.90. The van der Waals surface area contributed by atoms with Crippen LogP contribution in [-0.2, 0) is 0 Å². The minimum Gasteiger partial charge on any atom is -0.224 e. The fourth-order valence-corrected chi connectivity index (χ4v) is 1.67. The summed E-state index contributed by atoms with van der Waals surface area (Å²) in [6, 6.07) is 0. The molecular formula is C6H15N3S2. The number of nitrogens with one attached hydrogen (secondary N) is 2. The van der Waals surface area contributed by atoms with Gasteiger partial charge in [0.15, 0.2) is 4.32 Å². The molecule has 2 N–H and O–H groups in total. The summed E-state index contributed by atoms with van der Waals surface area (Å²) < 4.78 is 0.830. The van der Waals surface area contributed by atoms with Crippen molar-refractivity contribution in [1.29, 1.82) is 0 Å². The lowest BCUT2D eigenvalue weighted by molar-refractivity contribution is 0.278. The number of hydrogen-bond acceptors (Lipinski definition) is 4. The first-order valence-electron chi connectivity index (χ1n) is 3.57. The van der Waals surface area contributed by atoms with Gasteiger partial charge in [-0.05, 0) is 18.6 Å². The maximum absolute atomic E-state index is 5.10. The van der Waals surface area contributed by atoms with Crippen LogP contribution in [0.5, 0.6) is 0 Å². The Morgan fingerprint density at radius 1 is 1.45 bits per heavy atom. The molecule has 0 aromatic rings. The smallest absolute Gasteiger partial charge is 0.166 e. The third kappa shape index (κ3) is 4.58. The molecule has 0 aromatic carbocycles. The first kappa shape index (κ1) is 11.2. The van der Waals surface area contributed by atoms with Gasteiger partial charge in [0.1, 0.15) is 0 Å². The SMILES string of the molecule is CCCSC(=S)N(NC)NC. The van der Waals surface area contributed by atoms with Crippen LogP contribution in [0.3, 0.4) is 0 Å². The molecule has 0 rings (SSSR count). The average Bonchev–Trinajstić information content (AvgIpc) is 2.03. The first-order chi connectivity index (χ1) is 5.26. The molecule has 0 heterocycles. The lowest BCUT2D eigenvalue weighted by atomic mass is 10.6. The topological polar surface area (TPSA) is 27.3 Å². The zero-order valence-electron chi connectivity index (χ0n) is 7.18. The molecule has 0 aliphatic rings. The van der Waals surface area contributed by atoms with Crippen LogP contribution >= 0.6 is 24.0 Å². The van der Waals surface area contributed by atoms with Gasteiger partial charge >= 0.3 is 0 Å². The summed E-state index contributed by atoms with van der Waals surface area (Å²) in [7, 11) is 3.66. The zero-order valence-corrected chi connectivity index (χ0v) is 8.81. The fourth-order valence-electron chi connectivity index (χ4n) is 0.548. The lowest BCUT2D eigenvalue weighted by Gasteiger charge is -2.21. The van der Waals surface area contributed by atoms with Crippen molar-refractivity contribution in [2.24, 2.45) is 0 Å². The molecule has 0 aliphatic carbocycles. The molecule has 0 saturated heterocycles. The van der Waals surface area contributed by atoms with Crippen LogP contribution in [0.4, 0.5) is 0 Å². The number of hydrazine groups is 2. The normalized spacial score (nSPS) is 9.73. The number of thioether (sulfide) groups is 1. The highest BCUT2D eigenvalue weighted by Gasteiger charge is 2.03.